The minimum Gasteiger partial charge on any atom is -0.385 e. The van der Waals surface area contributed by atoms with Crippen LogP contribution in [0.2, 0.25) is 0 Å². The van der Waals surface area contributed by atoms with Crippen LogP contribution < -0.4 is 14.9 Å². The highest BCUT2D eigenvalue weighted by Crippen LogP contribution is 2.23. The molecule has 0 radical (unpaired) electrons. The van der Waals surface area contributed by atoms with E-state index in [1.807, 2.05) is 6.07 Å². The molecule has 0 atom stereocenters. The fourth-order valence-corrected chi connectivity index (χ4v) is 4.16. The average Bonchev–Trinajstić information content (AvgIpc) is 2.76. The van der Waals surface area contributed by atoms with Crippen molar-refractivity contribution in [1.29, 1.82) is 0 Å². The van der Waals surface area contributed by atoms with E-state index in [-0.39, 0.29) is 29.8 Å². The topological polar surface area (TPSA) is 108 Å². The van der Waals surface area contributed by atoms with Crippen LogP contribution in [0.15, 0.2) is 59.5 Å². The number of amides is 2. The number of carbonyl (C=O) groups excluding carboxylic acids is 2. The number of carbonyl (C=O) groups is 2. The predicted octanol–water partition coefficient (Wildman–Crippen LogP) is 1.53. The lowest BCUT2D eigenvalue weighted by Crippen LogP contribution is -2.39. The summed E-state index contributed by atoms with van der Waals surface area (Å²) in [6.45, 7) is 1.11. The summed E-state index contributed by atoms with van der Waals surface area (Å²) in [5, 5.41) is 5.44. The van der Waals surface area contributed by atoms with Gasteiger partial charge in [0.1, 0.15) is 0 Å². The van der Waals surface area contributed by atoms with Crippen molar-refractivity contribution in [1.82, 2.24) is 10.2 Å². The lowest BCUT2D eigenvalue weighted by molar-refractivity contribution is -0.123. The number of hydrogen-bond donors (Lipinski definition) is 2. The number of likely N-dealkylation sites (N-methyl/N-ethyl adjacent to an activating group) is 1. The van der Waals surface area contributed by atoms with E-state index >= 15 is 0 Å². The Labute approximate surface area is 189 Å². The molecule has 0 saturated carbocycles. The summed E-state index contributed by atoms with van der Waals surface area (Å²) in [7, 11) is 0.940. The van der Waals surface area contributed by atoms with E-state index in [0.717, 1.165) is 0 Å². The standard InChI is InChI=1S/C22H30N4O5S/c1-25(16-21(27)23-13-8-14-31-3)17-22(28)24-18-9-7-12-20(15-18)32(29,30)26(2)19-10-5-4-6-11-19/h4-7,9-12,15H,8,13-14,16-17H2,1-3H3,(H,23,27)(H,24,28). The number of hydrogen-bond acceptors (Lipinski definition) is 6. The average molecular weight is 463 g/mol. The van der Waals surface area contributed by atoms with Gasteiger partial charge in [-0.1, -0.05) is 24.3 Å². The molecule has 2 amide bonds. The Morgan fingerprint density at radius 2 is 1.66 bits per heavy atom. The molecule has 0 saturated heterocycles. The van der Waals surface area contributed by atoms with Gasteiger partial charge in [0.05, 0.1) is 23.7 Å². The second-order valence-corrected chi connectivity index (χ2v) is 9.22. The maximum absolute atomic E-state index is 12.9. The number of para-hydroxylation sites is 1. The highest BCUT2D eigenvalue weighted by atomic mass is 32.2. The van der Waals surface area contributed by atoms with Crippen molar-refractivity contribution in [2.24, 2.45) is 0 Å². The number of benzene rings is 2. The third-order valence-electron chi connectivity index (χ3n) is 4.57. The van der Waals surface area contributed by atoms with Gasteiger partial charge in [0, 0.05) is 33.0 Å². The summed E-state index contributed by atoms with van der Waals surface area (Å²) in [4.78, 5) is 25.9. The molecule has 32 heavy (non-hydrogen) atoms. The number of nitrogens with one attached hydrogen (secondary N) is 2. The van der Waals surface area contributed by atoms with Crippen molar-refractivity contribution in [2.75, 3.05) is 57.1 Å². The SMILES string of the molecule is COCCCNC(=O)CN(C)CC(=O)Nc1cccc(S(=O)(=O)N(C)c2ccccc2)c1. The van der Waals surface area contributed by atoms with E-state index < -0.39 is 10.0 Å². The molecule has 0 bridgehead atoms. The van der Waals surface area contributed by atoms with Gasteiger partial charge in [-0.15, -0.1) is 0 Å². The Hall–Kier alpha value is -2.95. The van der Waals surface area contributed by atoms with E-state index in [2.05, 4.69) is 10.6 Å². The van der Waals surface area contributed by atoms with Gasteiger partial charge in [-0.3, -0.25) is 18.8 Å². The van der Waals surface area contributed by atoms with Crippen molar-refractivity contribution in [2.45, 2.75) is 11.3 Å². The molecule has 0 heterocycles. The summed E-state index contributed by atoms with van der Waals surface area (Å²) < 4.78 is 32.0. The maximum atomic E-state index is 12.9. The molecule has 174 valence electrons. The lowest BCUT2D eigenvalue weighted by atomic mass is 10.3. The number of rotatable bonds is 12. The van der Waals surface area contributed by atoms with Crippen LogP contribution in [0, 0.1) is 0 Å². The van der Waals surface area contributed by atoms with Crippen LogP contribution >= 0.6 is 0 Å². The van der Waals surface area contributed by atoms with Gasteiger partial charge in [0.15, 0.2) is 0 Å². The van der Waals surface area contributed by atoms with Gasteiger partial charge in [-0.05, 0) is 43.8 Å². The molecule has 0 aliphatic heterocycles. The van der Waals surface area contributed by atoms with E-state index in [0.29, 0.717) is 30.9 Å². The van der Waals surface area contributed by atoms with Crippen molar-refractivity contribution in [3.8, 4) is 0 Å². The second kappa shape index (κ2) is 12.2. The van der Waals surface area contributed by atoms with Crippen LogP contribution in [-0.4, -0.2) is 72.6 Å². The first-order valence-corrected chi connectivity index (χ1v) is 11.6. The first-order chi connectivity index (χ1) is 15.2. The Kier molecular flexibility index (Phi) is 9.63. The molecule has 0 fully saturated rings. The van der Waals surface area contributed by atoms with Crippen LogP contribution in [0.25, 0.3) is 0 Å². The highest BCUT2D eigenvalue weighted by molar-refractivity contribution is 7.92. The zero-order valence-corrected chi connectivity index (χ0v) is 19.4. The van der Waals surface area contributed by atoms with Gasteiger partial charge in [-0.2, -0.15) is 0 Å². The molecule has 2 N–H and O–H groups in total. The number of ether oxygens (including phenoxy) is 1. The number of methoxy groups -OCH3 is 1. The first-order valence-electron chi connectivity index (χ1n) is 10.1. The summed E-state index contributed by atoms with van der Waals surface area (Å²) >= 11 is 0. The second-order valence-electron chi connectivity index (χ2n) is 7.25. The summed E-state index contributed by atoms with van der Waals surface area (Å²) in [5.74, 6) is -0.543. The largest absolute Gasteiger partial charge is 0.385 e. The molecule has 0 unspecified atom stereocenters. The Morgan fingerprint density at radius 3 is 2.34 bits per heavy atom. The van der Waals surface area contributed by atoms with Crippen LogP contribution in [-0.2, 0) is 24.3 Å². The third kappa shape index (κ3) is 7.63. The van der Waals surface area contributed by atoms with Gasteiger partial charge >= 0.3 is 0 Å². The molecule has 9 nitrogen and oxygen atoms in total. The number of anilines is 2. The molecule has 2 rings (SSSR count). The van der Waals surface area contributed by atoms with Gasteiger partial charge in [0.25, 0.3) is 10.0 Å². The van der Waals surface area contributed by atoms with Crippen molar-refractivity contribution in [3.63, 3.8) is 0 Å². The van der Waals surface area contributed by atoms with E-state index in [1.165, 1.54) is 23.5 Å². The fraction of sp³-hybridized carbons (Fsp3) is 0.364. The predicted molar refractivity (Wildman–Crippen MR) is 124 cm³/mol. The zero-order chi connectivity index (χ0) is 23.6. The summed E-state index contributed by atoms with van der Waals surface area (Å²) in [5.41, 5.74) is 0.888. The normalized spacial score (nSPS) is 11.2. The molecule has 2 aromatic rings. The van der Waals surface area contributed by atoms with Crippen LogP contribution in [0.5, 0.6) is 0 Å². The molecule has 0 aliphatic carbocycles. The minimum atomic E-state index is -3.79. The van der Waals surface area contributed by atoms with E-state index in [1.54, 1.807) is 55.5 Å². The Bertz CT molecular complexity index is 998. The quantitative estimate of drug-likeness (QED) is 0.463. The minimum absolute atomic E-state index is 0.0214. The van der Waals surface area contributed by atoms with Gasteiger partial charge < -0.3 is 15.4 Å². The Morgan fingerprint density at radius 1 is 0.969 bits per heavy atom. The summed E-state index contributed by atoms with van der Waals surface area (Å²) in [6.07, 6.45) is 0.713. The van der Waals surface area contributed by atoms with Crippen molar-refractivity contribution < 1.29 is 22.7 Å². The molecular formula is C22H30N4O5S. The molecule has 0 spiro atoms. The van der Waals surface area contributed by atoms with Gasteiger partial charge in [-0.25, -0.2) is 8.42 Å². The first kappa shape index (κ1) is 25.3. The van der Waals surface area contributed by atoms with E-state index in [9.17, 15) is 18.0 Å². The van der Waals surface area contributed by atoms with Crippen molar-refractivity contribution in [3.05, 3.63) is 54.6 Å². The molecule has 0 aromatic heterocycles. The highest BCUT2D eigenvalue weighted by Gasteiger charge is 2.21. The maximum Gasteiger partial charge on any atom is 0.264 e. The molecule has 10 heteroatoms. The van der Waals surface area contributed by atoms with E-state index in [4.69, 9.17) is 4.74 Å². The molecular weight excluding hydrogens is 432 g/mol. The van der Waals surface area contributed by atoms with Crippen LogP contribution in [0.4, 0.5) is 11.4 Å². The van der Waals surface area contributed by atoms with Crippen LogP contribution in [0.3, 0.4) is 0 Å². The van der Waals surface area contributed by atoms with Crippen molar-refractivity contribution >= 4 is 33.2 Å². The lowest BCUT2D eigenvalue weighted by Gasteiger charge is -2.20. The summed E-state index contributed by atoms with van der Waals surface area (Å²) in [6, 6.07) is 14.8. The van der Waals surface area contributed by atoms with Gasteiger partial charge in [0.2, 0.25) is 11.8 Å². The third-order valence-corrected chi connectivity index (χ3v) is 6.35. The Balaban J connectivity index is 1.94. The number of sulfonamides is 1. The monoisotopic (exact) mass is 462 g/mol. The van der Waals surface area contributed by atoms with Crippen LogP contribution in [0.1, 0.15) is 6.42 Å². The zero-order valence-electron chi connectivity index (χ0n) is 18.6. The smallest absolute Gasteiger partial charge is 0.264 e. The molecule has 2 aromatic carbocycles. The fourth-order valence-electron chi connectivity index (χ4n) is 2.92. The number of nitrogens with zero attached hydrogens (tertiary/aromatic N) is 2. The molecule has 0 aliphatic rings.